The molecule has 0 heterocycles. The first-order chi connectivity index (χ1) is 7.91. The molecule has 1 fully saturated rings. The summed E-state index contributed by atoms with van der Waals surface area (Å²) in [6, 6.07) is 0. The second-order valence-corrected chi connectivity index (χ2v) is 6.06. The van der Waals surface area contributed by atoms with E-state index in [9.17, 15) is 4.79 Å². The average molecular weight is 240 g/mol. The fraction of sp³-hybridized carbons (Fsp3) is 0.933. The third-order valence-electron chi connectivity index (χ3n) is 5.20. The van der Waals surface area contributed by atoms with Gasteiger partial charge in [-0.25, -0.2) is 0 Å². The molecule has 1 aliphatic carbocycles. The van der Waals surface area contributed by atoms with Crippen molar-refractivity contribution in [2.75, 3.05) is 6.61 Å². The first-order valence-corrected chi connectivity index (χ1v) is 7.08. The van der Waals surface area contributed by atoms with Gasteiger partial charge in [-0.1, -0.05) is 40.5 Å². The maximum Gasteiger partial charge on any atom is 0.309 e. The Kier molecular flexibility index (Phi) is 4.62. The summed E-state index contributed by atoms with van der Waals surface area (Å²) in [5, 5.41) is 0. The van der Waals surface area contributed by atoms with E-state index in [1.165, 1.54) is 25.7 Å². The van der Waals surface area contributed by atoms with Crippen molar-refractivity contribution in [1.82, 2.24) is 0 Å². The highest BCUT2D eigenvalue weighted by molar-refractivity contribution is 5.73. The van der Waals surface area contributed by atoms with Crippen LogP contribution in [-0.2, 0) is 9.53 Å². The molecule has 3 atom stereocenters. The van der Waals surface area contributed by atoms with E-state index in [1.54, 1.807) is 0 Å². The molecule has 0 aromatic heterocycles. The molecule has 0 aromatic rings. The molecule has 3 unspecified atom stereocenters. The van der Waals surface area contributed by atoms with Gasteiger partial charge in [0.1, 0.15) is 0 Å². The number of carbonyl (C=O) groups excluding carboxylic acids is 1. The summed E-state index contributed by atoms with van der Waals surface area (Å²) in [6.07, 6.45) is 6.07. The Morgan fingerprint density at radius 3 is 2.47 bits per heavy atom. The van der Waals surface area contributed by atoms with Crippen LogP contribution in [0.15, 0.2) is 0 Å². The van der Waals surface area contributed by atoms with Crippen LogP contribution in [0.3, 0.4) is 0 Å². The van der Waals surface area contributed by atoms with Crippen LogP contribution >= 0.6 is 0 Å². The summed E-state index contributed by atoms with van der Waals surface area (Å²) in [7, 11) is 0. The molecule has 1 rings (SSSR count). The van der Waals surface area contributed by atoms with E-state index in [0.29, 0.717) is 12.0 Å². The van der Waals surface area contributed by atoms with Gasteiger partial charge in [-0.05, 0) is 37.0 Å². The van der Waals surface area contributed by atoms with E-state index in [2.05, 4.69) is 27.7 Å². The van der Waals surface area contributed by atoms with Gasteiger partial charge in [0.2, 0.25) is 0 Å². The summed E-state index contributed by atoms with van der Waals surface area (Å²) in [5.74, 6) is 0.000674. The van der Waals surface area contributed by atoms with E-state index < -0.39 is 0 Å². The molecule has 0 aromatic carbocycles. The lowest BCUT2D eigenvalue weighted by molar-refractivity contribution is -0.155. The monoisotopic (exact) mass is 240 g/mol. The second-order valence-electron chi connectivity index (χ2n) is 6.06. The van der Waals surface area contributed by atoms with Crippen LogP contribution in [0.5, 0.6) is 0 Å². The zero-order valence-corrected chi connectivity index (χ0v) is 12.1. The topological polar surface area (TPSA) is 26.3 Å². The first-order valence-electron chi connectivity index (χ1n) is 7.08. The highest BCUT2D eigenvalue weighted by atomic mass is 16.5. The third kappa shape index (κ3) is 2.51. The predicted molar refractivity (Wildman–Crippen MR) is 70.8 cm³/mol. The molecule has 0 bridgehead atoms. The van der Waals surface area contributed by atoms with Crippen molar-refractivity contribution in [1.29, 1.82) is 0 Å². The van der Waals surface area contributed by atoms with Crippen LogP contribution in [0.2, 0.25) is 0 Å². The number of hydrogen-bond acceptors (Lipinski definition) is 2. The molecule has 0 N–H and O–H groups in total. The summed E-state index contributed by atoms with van der Waals surface area (Å²) in [6.45, 7) is 11.3. The van der Waals surface area contributed by atoms with Crippen LogP contribution < -0.4 is 0 Å². The maximum absolute atomic E-state index is 12.0. The van der Waals surface area contributed by atoms with Crippen molar-refractivity contribution < 1.29 is 9.53 Å². The Bertz CT molecular complexity index is 274. The van der Waals surface area contributed by atoms with E-state index in [0.717, 1.165) is 6.42 Å². The molecule has 0 aliphatic heterocycles. The summed E-state index contributed by atoms with van der Waals surface area (Å²) in [5.41, 5.74) is 0.406. The number of rotatable bonds is 5. The lowest BCUT2D eigenvalue weighted by Crippen LogP contribution is -2.42. The first kappa shape index (κ1) is 14.5. The standard InChI is InChI=1S/C15H28O2/c1-6-9-14(4)10-8-11-15(14,5)12(3)13(16)17-7-2/h12H,6-11H2,1-5H3. The van der Waals surface area contributed by atoms with E-state index >= 15 is 0 Å². The normalized spacial score (nSPS) is 34.6. The van der Waals surface area contributed by atoms with Crippen LogP contribution in [0.4, 0.5) is 0 Å². The van der Waals surface area contributed by atoms with Crippen molar-refractivity contribution in [3.05, 3.63) is 0 Å². The van der Waals surface area contributed by atoms with Crippen LogP contribution in [0, 0.1) is 16.7 Å². The summed E-state index contributed by atoms with van der Waals surface area (Å²) < 4.78 is 5.21. The van der Waals surface area contributed by atoms with Gasteiger partial charge in [0, 0.05) is 0 Å². The van der Waals surface area contributed by atoms with Crippen molar-refractivity contribution in [3.63, 3.8) is 0 Å². The Hall–Kier alpha value is -0.530. The van der Waals surface area contributed by atoms with Gasteiger partial charge >= 0.3 is 5.97 Å². The van der Waals surface area contributed by atoms with Gasteiger partial charge in [-0.3, -0.25) is 4.79 Å². The molecule has 1 aliphatic rings. The Morgan fingerprint density at radius 2 is 1.94 bits per heavy atom. The Labute approximate surface area is 106 Å². The van der Waals surface area contributed by atoms with Gasteiger partial charge in [-0.15, -0.1) is 0 Å². The fourth-order valence-electron chi connectivity index (χ4n) is 3.66. The molecule has 17 heavy (non-hydrogen) atoms. The predicted octanol–water partition coefficient (Wildman–Crippen LogP) is 4.18. The van der Waals surface area contributed by atoms with Crippen LogP contribution in [0.25, 0.3) is 0 Å². The summed E-state index contributed by atoms with van der Waals surface area (Å²) >= 11 is 0. The van der Waals surface area contributed by atoms with Gasteiger partial charge in [0.05, 0.1) is 12.5 Å². The van der Waals surface area contributed by atoms with Crippen molar-refractivity contribution in [2.24, 2.45) is 16.7 Å². The Balaban J connectivity index is 2.88. The Morgan fingerprint density at radius 1 is 1.29 bits per heavy atom. The van der Waals surface area contributed by atoms with Gasteiger partial charge < -0.3 is 4.74 Å². The molecule has 1 saturated carbocycles. The smallest absolute Gasteiger partial charge is 0.309 e. The van der Waals surface area contributed by atoms with Gasteiger partial charge in [0.25, 0.3) is 0 Å². The van der Waals surface area contributed by atoms with E-state index in [4.69, 9.17) is 4.74 Å². The van der Waals surface area contributed by atoms with Crippen molar-refractivity contribution >= 4 is 5.97 Å². The number of esters is 1. The second kappa shape index (κ2) is 5.41. The lowest BCUT2D eigenvalue weighted by Gasteiger charge is -2.44. The lowest BCUT2D eigenvalue weighted by atomic mass is 9.60. The van der Waals surface area contributed by atoms with Crippen LogP contribution in [-0.4, -0.2) is 12.6 Å². The maximum atomic E-state index is 12.0. The average Bonchev–Trinajstić information content (AvgIpc) is 2.56. The third-order valence-corrected chi connectivity index (χ3v) is 5.20. The number of hydrogen-bond donors (Lipinski definition) is 0. The van der Waals surface area contributed by atoms with Crippen molar-refractivity contribution in [2.45, 2.75) is 66.7 Å². The van der Waals surface area contributed by atoms with Crippen LogP contribution in [0.1, 0.15) is 66.7 Å². The zero-order valence-electron chi connectivity index (χ0n) is 12.1. The summed E-state index contributed by atoms with van der Waals surface area (Å²) in [4.78, 5) is 12.0. The SMILES string of the molecule is CCCC1(C)CCCC1(C)C(C)C(=O)OCC. The van der Waals surface area contributed by atoms with Gasteiger partial charge in [0.15, 0.2) is 0 Å². The quantitative estimate of drug-likeness (QED) is 0.674. The van der Waals surface area contributed by atoms with E-state index in [1.807, 2.05) is 6.92 Å². The van der Waals surface area contributed by atoms with Gasteiger partial charge in [-0.2, -0.15) is 0 Å². The molecule has 2 nitrogen and oxygen atoms in total. The largest absolute Gasteiger partial charge is 0.466 e. The molecule has 100 valence electrons. The molecule has 2 heteroatoms. The molecule has 0 spiro atoms. The molecular weight excluding hydrogens is 212 g/mol. The molecule has 0 radical (unpaired) electrons. The molecular formula is C15H28O2. The minimum Gasteiger partial charge on any atom is -0.466 e. The highest BCUT2D eigenvalue weighted by Crippen LogP contribution is 2.59. The zero-order chi connectivity index (χ0) is 13.1. The minimum atomic E-state index is -0.0146. The van der Waals surface area contributed by atoms with E-state index in [-0.39, 0.29) is 17.3 Å². The molecule has 0 saturated heterocycles. The minimum absolute atomic E-state index is 0.0146. The van der Waals surface area contributed by atoms with Crippen molar-refractivity contribution in [3.8, 4) is 0 Å². The number of carbonyl (C=O) groups is 1. The fourth-order valence-corrected chi connectivity index (χ4v) is 3.66. The highest BCUT2D eigenvalue weighted by Gasteiger charge is 2.52. The number of ether oxygens (including phenoxy) is 1. The molecule has 0 amide bonds.